The van der Waals surface area contributed by atoms with Gasteiger partial charge in [0.15, 0.2) is 6.54 Å². The summed E-state index contributed by atoms with van der Waals surface area (Å²) in [4.78, 5) is 2.94. The number of aromatic nitrogens is 1. The van der Waals surface area contributed by atoms with Gasteiger partial charge >= 0.3 is 0 Å². The molecule has 0 atom stereocenters. The first kappa shape index (κ1) is 25.7. The van der Waals surface area contributed by atoms with Crippen LogP contribution in [0.25, 0.3) is 16.3 Å². The lowest BCUT2D eigenvalue weighted by Crippen LogP contribution is -2.36. The van der Waals surface area contributed by atoms with Crippen LogP contribution in [0.3, 0.4) is 0 Å². The molecule has 0 aliphatic carbocycles. The summed E-state index contributed by atoms with van der Waals surface area (Å²) >= 11 is 9.32. The molecule has 1 aromatic heterocycles. The van der Waals surface area contributed by atoms with Gasteiger partial charge in [-0.2, -0.15) is 4.57 Å². The van der Waals surface area contributed by atoms with E-state index in [4.69, 9.17) is 11.6 Å². The van der Waals surface area contributed by atoms with E-state index < -0.39 is 26.7 Å². The van der Waals surface area contributed by atoms with Crippen molar-refractivity contribution in [2.75, 3.05) is 23.0 Å². The lowest BCUT2D eigenvalue weighted by Gasteiger charge is -2.20. The van der Waals surface area contributed by atoms with Gasteiger partial charge in [0.25, 0.3) is 5.01 Å². The minimum Gasteiger partial charge on any atom is -0.748 e. The maximum absolute atomic E-state index is 11.1. The minimum absolute atomic E-state index is 0.116. The van der Waals surface area contributed by atoms with Crippen LogP contribution in [-0.4, -0.2) is 44.7 Å². The van der Waals surface area contributed by atoms with Crippen molar-refractivity contribution in [3.8, 4) is 0 Å². The van der Waals surface area contributed by atoms with Crippen molar-refractivity contribution in [2.24, 2.45) is 0 Å². The highest BCUT2D eigenvalue weighted by molar-refractivity contribution is 8.19. The summed E-state index contributed by atoms with van der Waals surface area (Å²) in [6, 6.07) is 13.4. The van der Waals surface area contributed by atoms with E-state index in [0.717, 1.165) is 30.8 Å². The Morgan fingerprint density at radius 3 is 2.59 bits per heavy atom. The van der Waals surface area contributed by atoms with Gasteiger partial charge in [-0.25, -0.2) is 8.42 Å². The van der Waals surface area contributed by atoms with Crippen LogP contribution in [0.5, 0.6) is 0 Å². The molecule has 13 heteroatoms. The maximum atomic E-state index is 11.1. The van der Waals surface area contributed by atoms with Gasteiger partial charge in [-0.3, -0.25) is 0 Å². The third kappa shape index (κ3) is 6.45. The fraction of sp³-hybridized carbons (Fsp3) is 0.286. The van der Waals surface area contributed by atoms with Gasteiger partial charge in [-0.1, -0.05) is 46.8 Å². The van der Waals surface area contributed by atoms with Crippen LogP contribution in [0, 0.1) is 0 Å². The molecule has 0 amide bonds. The average molecular weight is 563 g/mol. The summed E-state index contributed by atoms with van der Waals surface area (Å²) in [5, 5.41) is 2.34. The maximum Gasteiger partial charge on any atom is 0.265 e. The summed E-state index contributed by atoms with van der Waals surface area (Å²) in [7, 11) is -7.88. The molecule has 0 bridgehead atoms. The molecule has 1 aliphatic rings. The van der Waals surface area contributed by atoms with E-state index in [2.05, 4.69) is 4.57 Å². The molecule has 2 heterocycles. The molecule has 0 radical (unpaired) electrons. The van der Waals surface area contributed by atoms with E-state index >= 15 is 0 Å². The quantitative estimate of drug-likeness (QED) is 0.237. The SMILES string of the molecule is O=S(=O)([O-])CCCN1C(=Cc2sc3ccccc3[n+]2CCCS(O)(O)O)Sc2ccc(Cl)cc21. The van der Waals surface area contributed by atoms with Crippen LogP contribution in [0.15, 0.2) is 52.4 Å². The van der Waals surface area contributed by atoms with Crippen LogP contribution in [0.2, 0.25) is 5.02 Å². The molecule has 4 rings (SSSR count). The first-order chi connectivity index (χ1) is 16.0. The Labute approximate surface area is 212 Å². The van der Waals surface area contributed by atoms with E-state index in [1.807, 2.05) is 47.4 Å². The van der Waals surface area contributed by atoms with Crippen molar-refractivity contribution in [3.63, 3.8) is 0 Å². The molecule has 3 N–H and O–H groups in total. The average Bonchev–Trinajstić information content (AvgIpc) is 3.24. The number of benzene rings is 2. The number of hydrogen-bond donors (Lipinski definition) is 3. The van der Waals surface area contributed by atoms with E-state index in [0.29, 0.717) is 24.5 Å². The molecule has 184 valence electrons. The lowest BCUT2D eigenvalue weighted by atomic mass is 10.2. The molecule has 0 fully saturated rings. The minimum atomic E-state index is -4.31. The zero-order valence-electron chi connectivity index (χ0n) is 17.8. The monoisotopic (exact) mass is 562 g/mol. The molecule has 0 spiro atoms. The number of anilines is 1. The standard InChI is InChI=1S/C21H23ClN2O6S4/c22-15-7-8-19-17(13-15)24(10-4-12-34(28,29)30)21(32-19)14-20-23(9-3-11-33(25,26)27)16-5-1-2-6-18(16)31-20/h1-2,5-8,13-14H,3-4,9-12H2,(H3-,25,26,27,28,29,30). The number of thioether (sulfide) groups is 1. The third-order valence-corrected chi connectivity index (χ3v) is 9.24. The molecule has 0 saturated carbocycles. The highest BCUT2D eigenvalue weighted by Gasteiger charge is 2.28. The molecule has 0 unspecified atom stereocenters. The highest BCUT2D eigenvalue weighted by atomic mass is 35.5. The van der Waals surface area contributed by atoms with Gasteiger partial charge in [0.05, 0.1) is 43.5 Å². The second-order valence-corrected chi connectivity index (χ2v) is 13.5. The normalized spacial score (nSPS) is 15.9. The molecular weight excluding hydrogens is 540 g/mol. The Hall–Kier alpha value is -1.35. The number of nitrogens with zero attached hydrogens (tertiary/aromatic N) is 2. The summed E-state index contributed by atoms with van der Waals surface area (Å²) in [6.45, 7) is 0.807. The molecule has 0 saturated heterocycles. The fourth-order valence-corrected chi connectivity index (χ4v) is 7.20. The zero-order valence-corrected chi connectivity index (χ0v) is 21.9. The number of halogens is 1. The second kappa shape index (κ2) is 10.3. The topological polar surface area (TPSA) is 125 Å². The first-order valence-corrected chi connectivity index (χ1v) is 15.6. The summed E-state index contributed by atoms with van der Waals surface area (Å²) < 4.78 is 64.5. The van der Waals surface area contributed by atoms with Crippen molar-refractivity contribution in [2.45, 2.75) is 24.3 Å². The van der Waals surface area contributed by atoms with Crippen LogP contribution >= 0.6 is 45.6 Å². The molecule has 3 aromatic rings. The van der Waals surface area contributed by atoms with Gasteiger partial charge in [0.1, 0.15) is 4.70 Å². The number of para-hydroxylation sites is 1. The van der Waals surface area contributed by atoms with Crippen LogP contribution in [-0.2, 0) is 16.7 Å². The summed E-state index contributed by atoms with van der Waals surface area (Å²) in [5.74, 6) is -0.567. The smallest absolute Gasteiger partial charge is 0.265 e. The van der Waals surface area contributed by atoms with Crippen molar-refractivity contribution in [3.05, 3.63) is 57.5 Å². The number of thiazole rings is 1. The Kier molecular flexibility index (Phi) is 7.82. The Morgan fingerprint density at radius 1 is 1.09 bits per heavy atom. The number of aryl methyl sites for hydroxylation is 1. The van der Waals surface area contributed by atoms with Crippen molar-refractivity contribution in [1.82, 2.24) is 0 Å². The van der Waals surface area contributed by atoms with E-state index in [1.54, 1.807) is 17.4 Å². The van der Waals surface area contributed by atoms with Gasteiger partial charge in [-0.15, -0.1) is 0 Å². The van der Waals surface area contributed by atoms with Gasteiger partial charge in [0, 0.05) is 34.7 Å². The Morgan fingerprint density at radius 2 is 1.85 bits per heavy atom. The van der Waals surface area contributed by atoms with Crippen molar-refractivity contribution in [1.29, 1.82) is 0 Å². The van der Waals surface area contributed by atoms with E-state index in [-0.39, 0.29) is 12.2 Å². The van der Waals surface area contributed by atoms with Gasteiger partial charge < -0.3 is 23.1 Å². The predicted molar refractivity (Wildman–Crippen MR) is 139 cm³/mol. The van der Waals surface area contributed by atoms with Crippen LogP contribution in [0.4, 0.5) is 5.69 Å². The highest BCUT2D eigenvalue weighted by Crippen LogP contribution is 2.48. The van der Waals surface area contributed by atoms with Crippen LogP contribution in [0.1, 0.15) is 17.8 Å². The number of hydrogen-bond acceptors (Lipinski definition) is 9. The fourth-order valence-electron chi connectivity index (χ4n) is 3.72. The Balaban J connectivity index is 1.69. The van der Waals surface area contributed by atoms with E-state index in [9.17, 15) is 26.6 Å². The second-order valence-electron chi connectivity index (χ2n) is 7.71. The molecule has 8 nitrogen and oxygen atoms in total. The largest absolute Gasteiger partial charge is 0.748 e. The number of rotatable bonds is 9. The predicted octanol–water partition coefficient (Wildman–Crippen LogP) is 5.30. The number of fused-ring (bicyclic) bond motifs is 2. The summed E-state index contributed by atoms with van der Waals surface area (Å²) in [6.07, 6.45) is 2.55. The zero-order chi connectivity index (χ0) is 24.5. The van der Waals surface area contributed by atoms with Crippen molar-refractivity contribution >= 4 is 77.7 Å². The molecular formula is C21H23ClN2O6S4. The van der Waals surface area contributed by atoms with Crippen molar-refractivity contribution < 1.29 is 31.2 Å². The van der Waals surface area contributed by atoms with E-state index in [1.165, 1.54) is 11.8 Å². The summed E-state index contributed by atoms with van der Waals surface area (Å²) in [5.41, 5.74) is 1.84. The first-order valence-electron chi connectivity index (χ1n) is 10.3. The lowest BCUT2D eigenvalue weighted by molar-refractivity contribution is -0.668. The molecule has 34 heavy (non-hydrogen) atoms. The molecule has 2 aromatic carbocycles. The van der Waals surface area contributed by atoms with Crippen LogP contribution < -0.4 is 9.47 Å². The van der Waals surface area contributed by atoms with Gasteiger partial charge in [0.2, 0.25) is 5.52 Å². The molecule has 1 aliphatic heterocycles. The third-order valence-electron chi connectivity index (χ3n) is 5.15. The van der Waals surface area contributed by atoms with Gasteiger partial charge in [-0.05, 0) is 30.7 Å². The Bertz CT molecular complexity index is 1340.